The Hall–Kier alpha value is -1.77. The fraction of sp³-hybridized carbons (Fsp3) is 0.182. The molecule has 3 nitrogen and oxygen atoms in total. The van der Waals surface area contributed by atoms with Gasteiger partial charge in [-0.2, -0.15) is 0 Å². The third kappa shape index (κ3) is 1.37. The molecule has 0 saturated heterocycles. The van der Waals surface area contributed by atoms with Crippen molar-refractivity contribution in [3.8, 4) is 0 Å². The lowest BCUT2D eigenvalue weighted by Gasteiger charge is -1.91. The minimum absolute atomic E-state index is 0.0612. The first-order valence-corrected chi connectivity index (χ1v) is 4.37. The van der Waals surface area contributed by atoms with Gasteiger partial charge >= 0.3 is 5.97 Å². The summed E-state index contributed by atoms with van der Waals surface area (Å²) in [4.78, 5) is 10.6. The summed E-state index contributed by atoms with van der Waals surface area (Å²) < 4.78 is 5.40. The molecule has 0 saturated carbocycles. The fourth-order valence-electron chi connectivity index (χ4n) is 1.60. The Morgan fingerprint density at radius 3 is 2.64 bits per heavy atom. The van der Waals surface area contributed by atoms with E-state index < -0.39 is 5.97 Å². The zero-order valence-electron chi connectivity index (χ0n) is 7.78. The molecule has 0 bridgehead atoms. The second-order valence-corrected chi connectivity index (χ2v) is 3.20. The highest BCUT2D eigenvalue weighted by Gasteiger charge is 2.11. The van der Waals surface area contributed by atoms with Crippen LogP contribution < -0.4 is 0 Å². The van der Waals surface area contributed by atoms with Gasteiger partial charge in [-0.05, 0) is 6.92 Å². The monoisotopic (exact) mass is 190 g/mol. The maximum Gasteiger partial charge on any atom is 0.311 e. The van der Waals surface area contributed by atoms with Crippen LogP contribution in [-0.4, -0.2) is 11.1 Å². The molecule has 0 spiro atoms. The van der Waals surface area contributed by atoms with Crippen LogP contribution in [0.25, 0.3) is 10.8 Å². The lowest BCUT2D eigenvalue weighted by Crippen LogP contribution is -1.98. The Bertz CT molecular complexity index is 482. The first-order valence-electron chi connectivity index (χ1n) is 4.37. The normalized spacial score (nSPS) is 10.6. The van der Waals surface area contributed by atoms with Crippen molar-refractivity contribution in [1.82, 2.24) is 0 Å². The van der Waals surface area contributed by atoms with E-state index in [2.05, 4.69) is 0 Å². The van der Waals surface area contributed by atoms with Crippen LogP contribution in [0, 0.1) is 6.92 Å². The topological polar surface area (TPSA) is 50.4 Å². The lowest BCUT2D eigenvalue weighted by atomic mass is 10.1. The lowest BCUT2D eigenvalue weighted by molar-refractivity contribution is -0.136. The second kappa shape index (κ2) is 3.18. The summed E-state index contributed by atoms with van der Waals surface area (Å²) >= 11 is 0. The van der Waals surface area contributed by atoms with Gasteiger partial charge in [0, 0.05) is 10.8 Å². The van der Waals surface area contributed by atoms with E-state index in [0.717, 1.165) is 16.5 Å². The van der Waals surface area contributed by atoms with Crippen molar-refractivity contribution in [3.05, 3.63) is 35.8 Å². The zero-order valence-corrected chi connectivity index (χ0v) is 7.78. The van der Waals surface area contributed by atoms with Gasteiger partial charge in [-0.15, -0.1) is 0 Å². The van der Waals surface area contributed by atoms with E-state index in [-0.39, 0.29) is 6.42 Å². The van der Waals surface area contributed by atoms with E-state index in [9.17, 15) is 4.79 Å². The Morgan fingerprint density at radius 1 is 1.36 bits per heavy atom. The van der Waals surface area contributed by atoms with Crippen LogP contribution >= 0.6 is 0 Å². The summed E-state index contributed by atoms with van der Waals surface area (Å²) in [6.07, 6.45) is -0.0612. The van der Waals surface area contributed by atoms with Gasteiger partial charge in [-0.1, -0.05) is 24.3 Å². The van der Waals surface area contributed by atoms with Crippen LogP contribution in [-0.2, 0) is 11.2 Å². The molecule has 1 N–H and O–H groups in total. The molecule has 0 aliphatic rings. The first kappa shape index (κ1) is 8.81. The Morgan fingerprint density at radius 2 is 2.00 bits per heavy atom. The smallest absolute Gasteiger partial charge is 0.311 e. The largest absolute Gasteiger partial charge is 0.481 e. The Balaban J connectivity index is 2.60. The van der Waals surface area contributed by atoms with E-state index in [4.69, 9.17) is 9.52 Å². The molecule has 1 heterocycles. The number of carboxylic acid groups (broad SMARTS) is 1. The van der Waals surface area contributed by atoms with Crippen LogP contribution in [0.4, 0.5) is 0 Å². The average Bonchev–Trinajstić information content (AvgIpc) is 2.44. The van der Waals surface area contributed by atoms with Gasteiger partial charge in [-0.25, -0.2) is 0 Å². The minimum atomic E-state index is -0.871. The van der Waals surface area contributed by atoms with Gasteiger partial charge < -0.3 is 9.52 Å². The summed E-state index contributed by atoms with van der Waals surface area (Å²) in [6, 6.07) is 7.60. The maximum absolute atomic E-state index is 10.6. The van der Waals surface area contributed by atoms with Crippen molar-refractivity contribution in [1.29, 1.82) is 0 Å². The maximum atomic E-state index is 10.6. The molecule has 14 heavy (non-hydrogen) atoms. The molecular weight excluding hydrogens is 180 g/mol. The molecule has 0 atom stereocenters. The van der Waals surface area contributed by atoms with Gasteiger partial charge in [0.2, 0.25) is 0 Å². The molecule has 0 fully saturated rings. The van der Waals surface area contributed by atoms with E-state index in [1.165, 1.54) is 0 Å². The van der Waals surface area contributed by atoms with Gasteiger partial charge in [0.1, 0.15) is 17.9 Å². The quantitative estimate of drug-likeness (QED) is 0.790. The van der Waals surface area contributed by atoms with Crippen LogP contribution in [0.1, 0.15) is 11.5 Å². The molecule has 0 amide bonds. The molecule has 0 aliphatic carbocycles. The summed E-state index contributed by atoms with van der Waals surface area (Å²) in [5.74, 6) is 0.437. The van der Waals surface area contributed by atoms with E-state index >= 15 is 0 Å². The van der Waals surface area contributed by atoms with Gasteiger partial charge in [-0.3, -0.25) is 4.79 Å². The fourth-order valence-corrected chi connectivity index (χ4v) is 1.60. The number of hydrogen-bond donors (Lipinski definition) is 1. The van der Waals surface area contributed by atoms with Gasteiger partial charge in [0.15, 0.2) is 0 Å². The third-order valence-electron chi connectivity index (χ3n) is 2.19. The number of carbonyl (C=O) groups is 1. The predicted molar refractivity (Wildman–Crippen MR) is 52.3 cm³/mol. The highest BCUT2D eigenvalue weighted by Crippen LogP contribution is 2.25. The van der Waals surface area contributed by atoms with Crippen LogP contribution in [0.15, 0.2) is 28.7 Å². The van der Waals surface area contributed by atoms with E-state index in [0.29, 0.717) is 5.76 Å². The summed E-state index contributed by atoms with van der Waals surface area (Å²) in [5, 5.41) is 10.6. The first-order chi connectivity index (χ1) is 6.68. The number of benzene rings is 1. The van der Waals surface area contributed by atoms with Gasteiger partial charge in [0.25, 0.3) is 0 Å². The molecule has 1 aromatic heterocycles. The molecule has 2 rings (SSSR count). The molecule has 72 valence electrons. The van der Waals surface area contributed by atoms with E-state index in [1.807, 2.05) is 31.2 Å². The summed E-state index contributed by atoms with van der Waals surface area (Å²) in [7, 11) is 0. The average molecular weight is 190 g/mol. The highest BCUT2D eigenvalue weighted by atomic mass is 16.4. The third-order valence-corrected chi connectivity index (χ3v) is 2.19. The van der Waals surface area contributed by atoms with Crippen molar-refractivity contribution >= 4 is 16.7 Å². The van der Waals surface area contributed by atoms with Crippen LogP contribution in [0.3, 0.4) is 0 Å². The molecule has 0 radical (unpaired) electrons. The minimum Gasteiger partial charge on any atom is -0.481 e. The zero-order chi connectivity index (χ0) is 10.1. The molecular formula is C11H10O3. The molecule has 2 aromatic rings. The van der Waals surface area contributed by atoms with Crippen molar-refractivity contribution in [2.24, 2.45) is 0 Å². The summed E-state index contributed by atoms with van der Waals surface area (Å²) in [5.41, 5.74) is 0. The number of aryl methyl sites for hydroxylation is 1. The molecule has 3 heteroatoms. The van der Waals surface area contributed by atoms with Crippen LogP contribution in [0.2, 0.25) is 0 Å². The number of rotatable bonds is 2. The van der Waals surface area contributed by atoms with Crippen molar-refractivity contribution in [2.75, 3.05) is 0 Å². The number of hydrogen-bond acceptors (Lipinski definition) is 2. The van der Waals surface area contributed by atoms with Crippen LogP contribution in [0.5, 0.6) is 0 Å². The number of fused-ring (bicyclic) bond motifs is 1. The number of carboxylic acids is 1. The Labute approximate surface area is 81.0 Å². The highest BCUT2D eigenvalue weighted by molar-refractivity contribution is 5.89. The SMILES string of the molecule is Cc1oc(CC(=O)O)c2ccccc12. The number of aliphatic carboxylic acids is 1. The second-order valence-electron chi connectivity index (χ2n) is 3.20. The van der Waals surface area contributed by atoms with Crippen molar-refractivity contribution in [2.45, 2.75) is 13.3 Å². The standard InChI is InChI=1S/C11H10O3/c1-7-8-4-2-3-5-9(8)10(14-7)6-11(12)13/h2-5H,6H2,1H3,(H,12,13). The Kier molecular flexibility index (Phi) is 2.00. The summed E-state index contributed by atoms with van der Waals surface area (Å²) in [6.45, 7) is 1.84. The molecule has 1 aromatic carbocycles. The van der Waals surface area contributed by atoms with Crippen molar-refractivity contribution < 1.29 is 14.3 Å². The molecule has 0 aliphatic heterocycles. The number of furan rings is 1. The molecule has 0 unspecified atom stereocenters. The van der Waals surface area contributed by atoms with Crippen molar-refractivity contribution in [3.63, 3.8) is 0 Å². The van der Waals surface area contributed by atoms with Gasteiger partial charge in [0.05, 0.1) is 0 Å². The predicted octanol–water partition coefficient (Wildman–Crippen LogP) is 2.37. The van der Waals surface area contributed by atoms with E-state index in [1.54, 1.807) is 0 Å².